The van der Waals surface area contributed by atoms with Crippen molar-refractivity contribution in [2.24, 2.45) is 11.8 Å². The fraction of sp³-hybridized carbons (Fsp3) is 0.647. The molecule has 0 saturated heterocycles. The first-order valence-electron chi connectivity index (χ1n) is 7.31. The van der Waals surface area contributed by atoms with Gasteiger partial charge in [-0.15, -0.1) is 0 Å². The maximum absolute atomic E-state index is 6.04. The maximum atomic E-state index is 6.04. The Balaban J connectivity index is 0.00000137. The number of ether oxygens (including phenoxy) is 1. The number of hydrogen-bond donors (Lipinski definition) is 0. The minimum atomic E-state index is 0.232. The van der Waals surface area contributed by atoms with Crippen LogP contribution in [0.5, 0.6) is 0 Å². The summed E-state index contributed by atoms with van der Waals surface area (Å²) < 4.78 is 6.04. The number of rotatable bonds is 6. The van der Waals surface area contributed by atoms with Gasteiger partial charge >= 0.3 is 0 Å². The lowest BCUT2D eigenvalue weighted by molar-refractivity contribution is 0.00272. The van der Waals surface area contributed by atoms with E-state index in [2.05, 4.69) is 58.0 Å². The van der Waals surface area contributed by atoms with E-state index in [9.17, 15) is 0 Å². The van der Waals surface area contributed by atoms with Crippen molar-refractivity contribution in [1.82, 2.24) is 0 Å². The molecule has 2 atom stereocenters. The highest BCUT2D eigenvalue weighted by Gasteiger charge is 2.16. The molecule has 0 N–H and O–H groups in total. The topological polar surface area (TPSA) is 9.23 Å². The van der Waals surface area contributed by atoms with Crippen molar-refractivity contribution in [1.29, 1.82) is 0 Å². The van der Waals surface area contributed by atoms with Crippen molar-refractivity contribution < 1.29 is 4.74 Å². The second kappa shape index (κ2) is 10.1. The van der Waals surface area contributed by atoms with Gasteiger partial charge in [0.15, 0.2) is 0 Å². The van der Waals surface area contributed by atoms with E-state index in [1.807, 2.05) is 13.8 Å². The van der Waals surface area contributed by atoms with Crippen LogP contribution in [0.2, 0.25) is 0 Å². The van der Waals surface area contributed by atoms with Gasteiger partial charge in [0, 0.05) is 6.61 Å². The molecular weight excluding hydrogens is 220 g/mol. The van der Waals surface area contributed by atoms with Crippen molar-refractivity contribution in [3.05, 3.63) is 35.9 Å². The molecule has 0 radical (unpaired) electrons. The molecular formula is C17H30O. The Morgan fingerprint density at radius 1 is 1.00 bits per heavy atom. The van der Waals surface area contributed by atoms with Gasteiger partial charge in [-0.05, 0) is 17.4 Å². The Hall–Kier alpha value is -0.820. The van der Waals surface area contributed by atoms with E-state index < -0.39 is 0 Å². The lowest BCUT2D eigenvalue weighted by Gasteiger charge is -2.23. The first kappa shape index (κ1) is 17.2. The average molecular weight is 250 g/mol. The van der Waals surface area contributed by atoms with Gasteiger partial charge < -0.3 is 4.74 Å². The molecule has 0 aliphatic rings. The Morgan fingerprint density at radius 3 is 2.00 bits per heavy atom. The van der Waals surface area contributed by atoms with Crippen molar-refractivity contribution in [3.8, 4) is 0 Å². The monoisotopic (exact) mass is 250 g/mol. The molecule has 0 aromatic heterocycles. The van der Waals surface area contributed by atoms with Gasteiger partial charge in [0.2, 0.25) is 0 Å². The SMILES string of the molecule is CC.CCC(C)COC(c1ccccc1)C(C)C. The zero-order valence-corrected chi connectivity index (χ0v) is 12.9. The maximum Gasteiger partial charge on any atom is 0.0847 e. The summed E-state index contributed by atoms with van der Waals surface area (Å²) >= 11 is 0. The van der Waals surface area contributed by atoms with Crippen LogP contribution in [0.15, 0.2) is 30.3 Å². The van der Waals surface area contributed by atoms with Crippen LogP contribution in [-0.4, -0.2) is 6.61 Å². The van der Waals surface area contributed by atoms with Gasteiger partial charge in [-0.2, -0.15) is 0 Å². The fourth-order valence-electron chi connectivity index (χ4n) is 1.70. The van der Waals surface area contributed by atoms with Gasteiger partial charge in [-0.3, -0.25) is 0 Å². The van der Waals surface area contributed by atoms with Crippen LogP contribution < -0.4 is 0 Å². The quantitative estimate of drug-likeness (QED) is 0.650. The summed E-state index contributed by atoms with van der Waals surface area (Å²) in [4.78, 5) is 0. The van der Waals surface area contributed by atoms with Crippen LogP contribution in [0.4, 0.5) is 0 Å². The van der Waals surface area contributed by atoms with Crippen LogP contribution in [0.1, 0.15) is 59.6 Å². The molecule has 104 valence electrons. The van der Waals surface area contributed by atoms with Crippen LogP contribution in [0.25, 0.3) is 0 Å². The van der Waals surface area contributed by atoms with E-state index >= 15 is 0 Å². The third kappa shape index (κ3) is 6.20. The molecule has 2 unspecified atom stereocenters. The Bertz CT molecular complexity index is 279. The van der Waals surface area contributed by atoms with E-state index in [0.29, 0.717) is 11.8 Å². The van der Waals surface area contributed by atoms with Gasteiger partial charge in [0.25, 0.3) is 0 Å². The molecule has 0 heterocycles. The second-order valence-corrected chi connectivity index (χ2v) is 4.92. The summed E-state index contributed by atoms with van der Waals surface area (Å²) in [6.07, 6.45) is 1.41. The van der Waals surface area contributed by atoms with Gasteiger partial charge in [-0.1, -0.05) is 78.3 Å². The van der Waals surface area contributed by atoms with Gasteiger partial charge in [0.05, 0.1) is 6.10 Å². The molecule has 1 nitrogen and oxygen atoms in total. The third-order valence-corrected chi connectivity index (χ3v) is 2.99. The van der Waals surface area contributed by atoms with Crippen LogP contribution in [-0.2, 0) is 4.74 Å². The molecule has 0 fully saturated rings. The van der Waals surface area contributed by atoms with Crippen LogP contribution >= 0.6 is 0 Å². The predicted molar refractivity (Wildman–Crippen MR) is 80.8 cm³/mol. The summed E-state index contributed by atoms with van der Waals surface area (Å²) in [6.45, 7) is 13.7. The lowest BCUT2D eigenvalue weighted by Crippen LogP contribution is -2.15. The summed E-state index contributed by atoms with van der Waals surface area (Å²) in [7, 11) is 0. The molecule has 18 heavy (non-hydrogen) atoms. The van der Waals surface area contributed by atoms with Crippen molar-refractivity contribution in [2.45, 2.75) is 54.1 Å². The van der Waals surface area contributed by atoms with Crippen molar-refractivity contribution in [3.63, 3.8) is 0 Å². The zero-order valence-electron chi connectivity index (χ0n) is 12.9. The molecule has 0 bridgehead atoms. The molecule has 1 rings (SSSR count). The molecule has 0 amide bonds. The van der Waals surface area contributed by atoms with Crippen molar-refractivity contribution in [2.75, 3.05) is 6.61 Å². The Morgan fingerprint density at radius 2 is 1.56 bits per heavy atom. The minimum absolute atomic E-state index is 0.232. The Labute approximate surface area is 114 Å². The number of hydrogen-bond acceptors (Lipinski definition) is 1. The molecule has 1 heteroatoms. The molecule has 0 aliphatic carbocycles. The lowest BCUT2D eigenvalue weighted by atomic mass is 9.99. The normalized spacial score (nSPS) is 13.7. The molecule has 0 spiro atoms. The van der Waals surface area contributed by atoms with E-state index in [0.717, 1.165) is 6.61 Å². The van der Waals surface area contributed by atoms with Gasteiger partial charge in [-0.25, -0.2) is 0 Å². The van der Waals surface area contributed by atoms with E-state index in [1.165, 1.54) is 12.0 Å². The zero-order chi connectivity index (χ0) is 14.0. The summed E-state index contributed by atoms with van der Waals surface area (Å²) in [5, 5.41) is 0. The van der Waals surface area contributed by atoms with E-state index in [1.54, 1.807) is 0 Å². The number of benzene rings is 1. The second-order valence-electron chi connectivity index (χ2n) is 4.92. The minimum Gasteiger partial charge on any atom is -0.373 e. The molecule has 1 aromatic rings. The highest BCUT2D eigenvalue weighted by atomic mass is 16.5. The third-order valence-electron chi connectivity index (χ3n) is 2.99. The fourth-order valence-corrected chi connectivity index (χ4v) is 1.70. The summed E-state index contributed by atoms with van der Waals surface area (Å²) in [6, 6.07) is 10.5. The highest BCUT2D eigenvalue weighted by molar-refractivity contribution is 5.18. The molecule has 1 aromatic carbocycles. The van der Waals surface area contributed by atoms with Crippen molar-refractivity contribution >= 4 is 0 Å². The molecule has 0 aliphatic heterocycles. The summed E-state index contributed by atoms with van der Waals surface area (Å²) in [5.41, 5.74) is 1.29. The largest absolute Gasteiger partial charge is 0.373 e. The molecule has 0 saturated carbocycles. The Kier molecular flexibility index (Phi) is 9.67. The first-order valence-corrected chi connectivity index (χ1v) is 7.31. The average Bonchev–Trinajstić information content (AvgIpc) is 2.41. The van der Waals surface area contributed by atoms with E-state index in [-0.39, 0.29) is 6.10 Å². The standard InChI is InChI=1S/C15H24O.C2H6/c1-5-13(4)11-16-15(12(2)3)14-9-7-6-8-10-14;1-2/h6-10,12-13,15H,5,11H2,1-4H3;1-2H3. The van der Waals surface area contributed by atoms with Crippen LogP contribution in [0.3, 0.4) is 0 Å². The summed E-state index contributed by atoms with van der Waals surface area (Å²) in [5.74, 6) is 1.16. The van der Waals surface area contributed by atoms with E-state index in [4.69, 9.17) is 4.74 Å². The smallest absolute Gasteiger partial charge is 0.0847 e. The van der Waals surface area contributed by atoms with Gasteiger partial charge in [0.1, 0.15) is 0 Å². The highest BCUT2D eigenvalue weighted by Crippen LogP contribution is 2.26. The predicted octanol–water partition coefficient (Wildman–Crippen LogP) is 5.47. The van der Waals surface area contributed by atoms with Crippen LogP contribution in [0, 0.1) is 11.8 Å². The first-order chi connectivity index (χ1) is 8.65.